The van der Waals surface area contributed by atoms with Gasteiger partial charge in [0.2, 0.25) is 5.91 Å². The van der Waals surface area contributed by atoms with Crippen LogP contribution in [0.3, 0.4) is 0 Å². The maximum absolute atomic E-state index is 12.7. The molecule has 1 aromatic rings. The topological polar surface area (TPSA) is 70.7 Å². The average molecular weight is 460 g/mol. The first-order valence-electron chi connectivity index (χ1n) is 11.7. The predicted octanol–water partition coefficient (Wildman–Crippen LogP) is 5.46. The van der Waals surface area contributed by atoms with E-state index >= 15 is 0 Å². The number of ether oxygens (including phenoxy) is 1. The van der Waals surface area contributed by atoms with Crippen LogP contribution in [0, 0.1) is 0 Å². The number of nitrogens with one attached hydrogen (secondary N) is 2. The third kappa shape index (κ3) is 7.33. The van der Waals surface area contributed by atoms with Gasteiger partial charge in [0.25, 0.3) is 0 Å². The number of amides is 1. The molecule has 1 heterocycles. The molecule has 0 saturated carbocycles. The molecule has 0 bridgehead atoms. The van der Waals surface area contributed by atoms with E-state index in [0.717, 1.165) is 24.1 Å². The van der Waals surface area contributed by atoms with Gasteiger partial charge in [-0.25, -0.2) is 4.79 Å². The van der Waals surface area contributed by atoms with Crippen LogP contribution in [0.1, 0.15) is 83.7 Å². The molecule has 0 aromatic heterocycles. The van der Waals surface area contributed by atoms with Crippen molar-refractivity contribution in [2.45, 2.75) is 78.2 Å². The summed E-state index contributed by atoms with van der Waals surface area (Å²) in [6.45, 7) is 6.16. The summed E-state index contributed by atoms with van der Waals surface area (Å²) in [6.07, 6.45) is 8.76. The fraction of sp³-hybridized carbons (Fsp3) is 0.560. The molecule has 0 radical (unpaired) electrons. The monoisotopic (exact) mass is 459 g/mol. The van der Waals surface area contributed by atoms with Crippen LogP contribution in [-0.2, 0) is 14.3 Å². The Hall–Kier alpha value is -2.41. The van der Waals surface area contributed by atoms with Gasteiger partial charge in [0.1, 0.15) is 0 Å². The van der Waals surface area contributed by atoms with E-state index in [1.807, 2.05) is 38.2 Å². The van der Waals surface area contributed by atoms with E-state index in [-0.39, 0.29) is 11.9 Å². The normalized spacial score (nSPS) is 16.1. The van der Waals surface area contributed by atoms with E-state index in [4.69, 9.17) is 17.0 Å². The molecule has 176 valence electrons. The maximum atomic E-state index is 12.7. The van der Waals surface area contributed by atoms with Gasteiger partial charge in [0, 0.05) is 24.9 Å². The summed E-state index contributed by atoms with van der Waals surface area (Å²) in [6, 6.07) is 7.11. The predicted molar refractivity (Wildman–Crippen MR) is 133 cm³/mol. The van der Waals surface area contributed by atoms with Gasteiger partial charge >= 0.3 is 5.97 Å². The number of anilines is 1. The first kappa shape index (κ1) is 25.8. The Morgan fingerprint density at radius 2 is 1.81 bits per heavy atom. The van der Waals surface area contributed by atoms with E-state index in [2.05, 4.69) is 17.6 Å². The molecular weight excluding hydrogens is 422 g/mol. The van der Waals surface area contributed by atoms with Crippen molar-refractivity contribution in [2.75, 3.05) is 19.0 Å². The van der Waals surface area contributed by atoms with Gasteiger partial charge in [-0.1, -0.05) is 57.6 Å². The van der Waals surface area contributed by atoms with E-state index in [1.165, 1.54) is 32.1 Å². The molecule has 0 aliphatic carbocycles. The van der Waals surface area contributed by atoms with Gasteiger partial charge in [-0.2, -0.15) is 0 Å². The quantitative estimate of drug-likeness (QED) is 0.246. The number of carbonyl (C=O) groups excluding carboxylic acids is 2. The lowest BCUT2D eigenvalue weighted by molar-refractivity contribution is -0.139. The van der Waals surface area contributed by atoms with Gasteiger partial charge in [-0.3, -0.25) is 4.79 Å². The molecule has 6 nitrogen and oxygen atoms in total. The van der Waals surface area contributed by atoms with Gasteiger partial charge in [-0.05, 0) is 50.2 Å². The average Bonchev–Trinajstić information content (AvgIpc) is 2.77. The second-order valence-corrected chi connectivity index (χ2v) is 8.59. The summed E-state index contributed by atoms with van der Waals surface area (Å²) >= 11 is 5.44. The van der Waals surface area contributed by atoms with E-state index in [1.54, 1.807) is 11.8 Å². The Morgan fingerprint density at radius 1 is 1.12 bits per heavy atom. The number of hydrogen-bond donors (Lipinski definition) is 2. The van der Waals surface area contributed by atoms with E-state index in [9.17, 15) is 9.59 Å². The minimum absolute atomic E-state index is 0.0138. The second kappa shape index (κ2) is 13.2. The number of unbranched alkanes of at least 4 members (excludes halogenated alkanes) is 6. The summed E-state index contributed by atoms with van der Waals surface area (Å²) in [5.41, 5.74) is 2.83. The van der Waals surface area contributed by atoms with Gasteiger partial charge < -0.3 is 20.3 Å². The zero-order valence-corrected chi connectivity index (χ0v) is 20.6. The summed E-state index contributed by atoms with van der Waals surface area (Å²) < 4.78 is 5.29. The summed E-state index contributed by atoms with van der Waals surface area (Å²) in [5.74, 6) is -0.356. The molecule has 0 saturated heterocycles. The number of rotatable bonds is 12. The van der Waals surface area contributed by atoms with Crippen LogP contribution in [-0.4, -0.2) is 35.5 Å². The van der Waals surface area contributed by atoms with Crippen LogP contribution in [0.25, 0.3) is 0 Å². The molecule has 1 aliphatic heterocycles. The Kier molecular flexibility index (Phi) is 10.7. The third-order valence-electron chi connectivity index (χ3n) is 5.76. The minimum Gasteiger partial charge on any atom is -0.463 e. The molecule has 2 rings (SSSR count). The van der Waals surface area contributed by atoms with Crippen LogP contribution < -0.4 is 10.6 Å². The first-order chi connectivity index (χ1) is 15.4. The number of carbonyl (C=O) groups is 2. The van der Waals surface area contributed by atoms with Gasteiger partial charge in [0.05, 0.1) is 18.2 Å². The number of thiocarbonyl (C=S) groups is 1. The van der Waals surface area contributed by atoms with Crippen LogP contribution in [0.5, 0.6) is 0 Å². The number of nitrogens with zero attached hydrogens (tertiary/aromatic N) is 1. The van der Waals surface area contributed by atoms with Crippen LogP contribution in [0.2, 0.25) is 0 Å². The fourth-order valence-electron chi connectivity index (χ4n) is 3.82. The highest BCUT2D eigenvalue weighted by Gasteiger charge is 2.33. The molecule has 0 spiro atoms. The largest absolute Gasteiger partial charge is 0.463 e. The lowest BCUT2D eigenvalue weighted by atomic mass is 9.95. The third-order valence-corrected chi connectivity index (χ3v) is 6.15. The molecule has 2 N–H and O–H groups in total. The standard InChI is InChI=1S/C25H37N3O3S/c1-5-7-8-9-10-11-12-16-21(29)26-20-15-13-14-19(17-20)23-22(24(30)31-6-2)18(3)28(4)25(32)27-23/h13-15,17,23H,5-12,16H2,1-4H3,(H,26,29)(H,27,32). The highest BCUT2D eigenvalue weighted by atomic mass is 32.1. The lowest BCUT2D eigenvalue weighted by Crippen LogP contribution is -2.46. The van der Waals surface area contributed by atoms with Crippen molar-refractivity contribution in [1.82, 2.24) is 10.2 Å². The van der Waals surface area contributed by atoms with Gasteiger partial charge in [-0.15, -0.1) is 0 Å². The Morgan fingerprint density at radius 3 is 2.50 bits per heavy atom. The van der Waals surface area contributed by atoms with Crippen molar-refractivity contribution < 1.29 is 14.3 Å². The molecule has 1 aliphatic rings. The van der Waals surface area contributed by atoms with Gasteiger partial charge in [0.15, 0.2) is 5.11 Å². The van der Waals surface area contributed by atoms with Crippen molar-refractivity contribution in [3.05, 3.63) is 41.1 Å². The molecule has 7 heteroatoms. The summed E-state index contributed by atoms with van der Waals surface area (Å²) in [5, 5.41) is 6.76. The highest BCUT2D eigenvalue weighted by Crippen LogP contribution is 2.32. The number of hydrogen-bond acceptors (Lipinski definition) is 4. The number of benzene rings is 1. The van der Waals surface area contributed by atoms with E-state index < -0.39 is 6.04 Å². The van der Waals surface area contributed by atoms with Crippen LogP contribution in [0.4, 0.5) is 5.69 Å². The zero-order valence-electron chi connectivity index (χ0n) is 19.8. The minimum atomic E-state index is -0.433. The van der Waals surface area contributed by atoms with Crippen molar-refractivity contribution >= 4 is 34.9 Å². The number of allylic oxidation sites excluding steroid dienone is 1. The Balaban J connectivity index is 2.03. The molecule has 1 atom stereocenters. The van der Waals surface area contributed by atoms with Crippen LogP contribution >= 0.6 is 12.2 Å². The number of esters is 1. The van der Waals surface area contributed by atoms with Crippen molar-refractivity contribution in [3.8, 4) is 0 Å². The molecular formula is C25H37N3O3S. The SMILES string of the molecule is CCCCCCCCCC(=O)Nc1cccc(C2NC(=S)N(C)C(C)=C2C(=O)OCC)c1. The van der Waals surface area contributed by atoms with Crippen molar-refractivity contribution in [1.29, 1.82) is 0 Å². The molecule has 1 amide bonds. The summed E-state index contributed by atoms with van der Waals surface area (Å²) in [4.78, 5) is 26.8. The second-order valence-electron chi connectivity index (χ2n) is 8.21. The summed E-state index contributed by atoms with van der Waals surface area (Å²) in [7, 11) is 1.82. The van der Waals surface area contributed by atoms with Crippen molar-refractivity contribution in [3.63, 3.8) is 0 Å². The zero-order chi connectivity index (χ0) is 23.5. The Bertz CT molecular complexity index is 837. The van der Waals surface area contributed by atoms with Crippen LogP contribution in [0.15, 0.2) is 35.5 Å². The first-order valence-corrected chi connectivity index (χ1v) is 12.1. The Labute approximate surface area is 197 Å². The molecule has 1 aromatic carbocycles. The van der Waals surface area contributed by atoms with Crippen molar-refractivity contribution in [2.24, 2.45) is 0 Å². The molecule has 0 fully saturated rings. The highest BCUT2D eigenvalue weighted by molar-refractivity contribution is 7.80. The lowest BCUT2D eigenvalue weighted by Gasteiger charge is -2.35. The molecule has 32 heavy (non-hydrogen) atoms. The smallest absolute Gasteiger partial charge is 0.338 e. The maximum Gasteiger partial charge on any atom is 0.338 e. The molecule has 1 unspecified atom stereocenters. The fourth-order valence-corrected chi connectivity index (χ4v) is 4.08. The van der Waals surface area contributed by atoms with E-state index in [0.29, 0.717) is 29.4 Å².